The summed E-state index contributed by atoms with van der Waals surface area (Å²) in [5.41, 5.74) is 5.30. The largest absolute Gasteiger partial charge is 0.393 e. The summed E-state index contributed by atoms with van der Waals surface area (Å²) in [6, 6.07) is 0. The van der Waals surface area contributed by atoms with Crippen molar-refractivity contribution in [3.05, 3.63) is 34.7 Å². The molecule has 2 N–H and O–H groups in total. The van der Waals surface area contributed by atoms with Gasteiger partial charge < -0.3 is 10.2 Å². The van der Waals surface area contributed by atoms with Crippen molar-refractivity contribution in [2.75, 3.05) is 0 Å². The van der Waals surface area contributed by atoms with Gasteiger partial charge in [-0.25, -0.2) is 0 Å². The third-order valence-electron chi connectivity index (χ3n) is 9.73. The molecular weight excluding hydrogens is 372 g/mol. The van der Waals surface area contributed by atoms with E-state index in [-0.39, 0.29) is 23.0 Å². The number of rotatable bonds is 2. The first-order valence-electron chi connectivity index (χ1n) is 12.1. The zero-order valence-corrected chi connectivity index (χ0v) is 19.1. The molecule has 0 unspecified atom stereocenters. The van der Waals surface area contributed by atoms with Crippen molar-refractivity contribution in [3.8, 4) is 0 Å². The Morgan fingerprint density at radius 1 is 1.17 bits per heavy atom. The van der Waals surface area contributed by atoms with Gasteiger partial charge in [-0.2, -0.15) is 5.10 Å². The van der Waals surface area contributed by atoms with Gasteiger partial charge in [-0.3, -0.25) is 4.68 Å². The van der Waals surface area contributed by atoms with Gasteiger partial charge in [0, 0.05) is 23.2 Å². The molecule has 164 valence electrons. The quantitative estimate of drug-likeness (QED) is 0.683. The van der Waals surface area contributed by atoms with Crippen molar-refractivity contribution in [3.63, 3.8) is 0 Å². The molecule has 30 heavy (non-hydrogen) atoms. The highest BCUT2D eigenvalue weighted by atomic mass is 16.3. The van der Waals surface area contributed by atoms with E-state index in [1.807, 2.05) is 10.9 Å². The monoisotopic (exact) mass is 410 g/mol. The minimum atomic E-state index is -0.348. The van der Waals surface area contributed by atoms with Gasteiger partial charge in [0.25, 0.3) is 0 Å². The van der Waals surface area contributed by atoms with Crippen molar-refractivity contribution in [1.29, 1.82) is 0 Å². The number of hydrogen-bond acceptors (Lipinski definition) is 3. The lowest BCUT2D eigenvalue weighted by Crippen LogP contribution is -2.51. The Balaban J connectivity index is 1.47. The van der Waals surface area contributed by atoms with Crippen LogP contribution in [-0.4, -0.2) is 32.2 Å². The van der Waals surface area contributed by atoms with Crippen molar-refractivity contribution in [1.82, 2.24) is 9.78 Å². The molecule has 1 heterocycles. The van der Waals surface area contributed by atoms with Crippen LogP contribution in [0.1, 0.15) is 77.0 Å². The lowest BCUT2D eigenvalue weighted by Gasteiger charge is -2.57. The van der Waals surface area contributed by atoms with Gasteiger partial charge in [0.2, 0.25) is 0 Å². The molecule has 1 aromatic heterocycles. The van der Waals surface area contributed by atoms with Crippen molar-refractivity contribution in [2.45, 2.75) is 91.4 Å². The first-order chi connectivity index (χ1) is 14.3. The molecule has 4 nitrogen and oxygen atoms in total. The van der Waals surface area contributed by atoms with Crippen LogP contribution in [0.2, 0.25) is 0 Å². The van der Waals surface area contributed by atoms with Gasteiger partial charge in [0.05, 0.1) is 18.4 Å². The van der Waals surface area contributed by atoms with E-state index in [0.29, 0.717) is 17.8 Å². The summed E-state index contributed by atoms with van der Waals surface area (Å²) in [7, 11) is 0. The maximum absolute atomic E-state index is 11.4. The predicted molar refractivity (Wildman–Crippen MR) is 120 cm³/mol. The Hall–Kier alpha value is -1.39. The third-order valence-corrected chi connectivity index (χ3v) is 9.73. The molecule has 4 aliphatic rings. The Morgan fingerprint density at radius 3 is 2.70 bits per heavy atom. The number of fused-ring (bicyclic) bond motifs is 5. The van der Waals surface area contributed by atoms with Crippen LogP contribution in [0.25, 0.3) is 6.08 Å². The van der Waals surface area contributed by atoms with Crippen LogP contribution < -0.4 is 0 Å². The SMILES string of the molecule is CCn1ncc(/C=C2\C[C@@H]3[C@H]4CC=C5C[C@@H](O)CC[C@]5(C)[C@@H]4CC[C@@]3(C)[C@H]2O)c1C. The molecule has 0 radical (unpaired) electrons. The van der Waals surface area contributed by atoms with Crippen LogP contribution in [0.4, 0.5) is 0 Å². The van der Waals surface area contributed by atoms with Gasteiger partial charge in [-0.1, -0.05) is 25.5 Å². The maximum atomic E-state index is 11.4. The second kappa shape index (κ2) is 7.06. The smallest absolute Gasteiger partial charge is 0.0809 e. The molecular formula is C26H38N2O2. The fraction of sp³-hybridized carbons (Fsp3) is 0.731. The van der Waals surface area contributed by atoms with E-state index < -0.39 is 0 Å². The molecule has 0 bridgehead atoms. The second-order valence-corrected chi connectivity index (χ2v) is 11.0. The summed E-state index contributed by atoms with van der Waals surface area (Å²) in [6.07, 6.45) is 13.5. The van der Waals surface area contributed by atoms with Crippen LogP contribution in [0.3, 0.4) is 0 Å². The molecule has 7 atom stereocenters. The Bertz CT molecular complexity index is 899. The first-order valence-corrected chi connectivity index (χ1v) is 12.1. The average Bonchev–Trinajstić information content (AvgIpc) is 3.20. The molecule has 5 rings (SSSR count). The molecule has 0 saturated heterocycles. The summed E-state index contributed by atoms with van der Waals surface area (Å²) in [4.78, 5) is 0. The summed E-state index contributed by atoms with van der Waals surface area (Å²) >= 11 is 0. The highest BCUT2D eigenvalue weighted by molar-refractivity contribution is 5.57. The van der Waals surface area contributed by atoms with Crippen LogP contribution in [0, 0.1) is 35.5 Å². The van der Waals surface area contributed by atoms with E-state index in [1.165, 1.54) is 23.3 Å². The number of aliphatic hydroxyl groups excluding tert-OH is 2. The number of hydrogen-bond donors (Lipinski definition) is 2. The van der Waals surface area contributed by atoms with Crippen molar-refractivity contribution in [2.24, 2.45) is 28.6 Å². The lowest BCUT2D eigenvalue weighted by molar-refractivity contribution is -0.0685. The standard InChI is InChI=1S/C26H38N2O2/c1-5-28-16(2)18(15-27-28)12-17-13-23-21-7-6-19-14-20(29)8-10-25(19,3)22(21)9-11-26(23,4)24(17)30/h6,12,15,20-24,29-30H,5,7-11,13-14H2,1-4H3/b17-12+/t20-,21-,22+,23+,24-,25-,26+/m0/s1. The summed E-state index contributed by atoms with van der Waals surface area (Å²) in [6.45, 7) is 9.93. The molecule has 0 spiro atoms. The van der Waals surface area contributed by atoms with Gasteiger partial charge in [-0.15, -0.1) is 0 Å². The maximum Gasteiger partial charge on any atom is 0.0809 e. The number of aryl methyl sites for hydroxylation is 1. The zero-order chi connectivity index (χ0) is 21.3. The fourth-order valence-corrected chi connectivity index (χ4v) is 7.76. The van der Waals surface area contributed by atoms with Gasteiger partial charge in [0.1, 0.15) is 0 Å². The lowest BCUT2D eigenvalue weighted by atomic mass is 9.48. The number of allylic oxidation sites excluding steroid dienone is 1. The van der Waals surface area contributed by atoms with Crippen LogP contribution in [0.5, 0.6) is 0 Å². The molecule has 3 saturated carbocycles. The van der Waals surface area contributed by atoms with Gasteiger partial charge in [-0.05, 0) is 93.6 Å². The van der Waals surface area contributed by atoms with E-state index in [9.17, 15) is 10.2 Å². The van der Waals surface area contributed by atoms with E-state index in [0.717, 1.165) is 50.6 Å². The molecule has 4 heteroatoms. The minimum absolute atomic E-state index is 0.0163. The fourth-order valence-electron chi connectivity index (χ4n) is 7.76. The summed E-state index contributed by atoms with van der Waals surface area (Å²) in [5.74, 6) is 1.88. The van der Waals surface area contributed by atoms with E-state index in [2.05, 4.69) is 44.9 Å². The van der Waals surface area contributed by atoms with Gasteiger partial charge >= 0.3 is 0 Å². The number of aliphatic hydroxyl groups is 2. The molecule has 3 fully saturated rings. The van der Waals surface area contributed by atoms with Crippen LogP contribution >= 0.6 is 0 Å². The molecule has 1 aromatic rings. The second-order valence-electron chi connectivity index (χ2n) is 11.0. The van der Waals surface area contributed by atoms with Crippen LogP contribution in [-0.2, 0) is 6.54 Å². The zero-order valence-electron chi connectivity index (χ0n) is 19.1. The molecule has 4 aliphatic carbocycles. The highest BCUT2D eigenvalue weighted by Crippen LogP contribution is 2.65. The third kappa shape index (κ3) is 2.82. The Kier molecular flexibility index (Phi) is 4.83. The molecule has 0 amide bonds. The van der Waals surface area contributed by atoms with E-state index in [4.69, 9.17) is 0 Å². The number of aromatic nitrogens is 2. The van der Waals surface area contributed by atoms with Crippen molar-refractivity contribution >= 4 is 6.08 Å². The normalized spacial score (nSPS) is 44.4. The van der Waals surface area contributed by atoms with Crippen molar-refractivity contribution < 1.29 is 10.2 Å². The summed E-state index contributed by atoms with van der Waals surface area (Å²) < 4.78 is 2.03. The Morgan fingerprint density at radius 2 is 1.97 bits per heavy atom. The van der Waals surface area contributed by atoms with Crippen LogP contribution in [0.15, 0.2) is 23.4 Å². The summed E-state index contributed by atoms with van der Waals surface area (Å²) in [5, 5.41) is 26.1. The number of nitrogens with zero attached hydrogens (tertiary/aromatic N) is 2. The molecule has 0 aromatic carbocycles. The topological polar surface area (TPSA) is 58.3 Å². The predicted octanol–water partition coefficient (Wildman–Crippen LogP) is 4.89. The first kappa shape index (κ1) is 20.5. The van der Waals surface area contributed by atoms with E-state index in [1.54, 1.807) is 0 Å². The average molecular weight is 411 g/mol. The Labute approximate surface area is 181 Å². The molecule has 0 aliphatic heterocycles. The highest BCUT2D eigenvalue weighted by Gasteiger charge is 2.59. The van der Waals surface area contributed by atoms with E-state index >= 15 is 0 Å². The minimum Gasteiger partial charge on any atom is -0.393 e. The van der Waals surface area contributed by atoms with Gasteiger partial charge in [0.15, 0.2) is 0 Å².